The van der Waals surface area contributed by atoms with Crippen molar-refractivity contribution in [3.05, 3.63) is 36.4 Å². The van der Waals surface area contributed by atoms with Gasteiger partial charge in [0.25, 0.3) is 0 Å². The molecular weight excluding hydrogens is 224 g/mol. The summed E-state index contributed by atoms with van der Waals surface area (Å²) in [7, 11) is 2.17. The Balaban J connectivity index is 2.01. The van der Waals surface area contributed by atoms with Crippen molar-refractivity contribution < 1.29 is 5.11 Å². The first-order valence-corrected chi connectivity index (χ1v) is 6.39. The molecule has 2 aromatic rings. The second-order valence-corrected chi connectivity index (χ2v) is 4.97. The van der Waals surface area contributed by atoms with Gasteiger partial charge in [-0.05, 0) is 36.7 Å². The summed E-state index contributed by atoms with van der Waals surface area (Å²) in [6, 6.07) is 11.9. The molecule has 0 radical (unpaired) electrons. The van der Waals surface area contributed by atoms with Crippen LogP contribution in [0.15, 0.2) is 36.4 Å². The van der Waals surface area contributed by atoms with E-state index in [4.69, 9.17) is 0 Å². The fourth-order valence-corrected chi connectivity index (χ4v) is 2.58. The van der Waals surface area contributed by atoms with Gasteiger partial charge in [-0.15, -0.1) is 0 Å². The number of fused-ring (bicyclic) bond motifs is 1. The number of hydrogen-bond acceptors (Lipinski definition) is 3. The van der Waals surface area contributed by atoms with E-state index in [0.29, 0.717) is 5.75 Å². The molecule has 0 amide bonds. The molecule has 0 saturated carbocycles. The molecule has 18 heavy (non-hydrogen) atoms. The normalized spacial score (nSPS) is 17.3. The van der Waals surface area contributed by atoms with Crippen LogP contribution in [0.4, 0.5) is 5.69 Å². The second kappa shape index (κ2) is 4.50. The number of anilines is 1. The standard InChI is InChI=1S/C15H18N2O/c1-16-7-9-17(10-8-16)15-4-2-3-12-11-13(18)5-6-14(12)15/h2-6,11,18H,7-10H2,1H3. The van der Waals surface area contributed by atoms with E-state index < -0.39 is 0 Å². The average Bonchev–Trinajstić information content (AvgIpc) is 2.38. The van der Waals surface area contributed by atoms with Gasteiger partial charge in [0, 0.05) is 37.3 Å². The molecular formula is C15H18N2O. The summed E-state index contributed by atoms with van der Waals surface area (Å²) in [4.78, 5) is 4.78. The summed E-state index contributed by atoms with van der Waals surface area (Å²) in [6.45, 7) is 4.34. The van der Waals surface area contributed by atoms with Crippen molar-refractivity contribution in [1.29, 1.82) is 0 Å². The number of benzene rings is 2. The Bertz CT molecular complexity index is 559. The summed E-state index contributed by atoms with van der Waals surface area (Å²) >= 11 is 0. The van der Waals surface area contributed by atoms with Crippen LogP contribution in [0.1, 0.15) is 0 Å². The predicted octanol–water partition coefficient (Wildman–Crippen LogP) is 2.30. The van der Waals surface area contributed by atoms with Crippen LogP contribution in [-0.2, 0) is 0 Å². The quantitative estimate of drug-likeness (QED) is 0.831. The van der Waals surface area contributed by atoms with Crippen LogP contribution in [-0.4, -0.2) is 43.2 Å². The van der Waals surface area contributed by atoms with Gasteiger partial charge in [-0.2, -0.15) is 0 Å². The number of aromatic hydroxyl groups is 1. The maximum Gasteiger partial charge on any atom is 0.116 e. The highest BCUT2D eigenvalue weighted by Crippen LogP contribution is 2.29. The highest BCUT2D eigenvalue weighted by atomic mass is 16.3. The molecule has 0 aliphatic carbocycles. The van der Waals surface area contributed by atoms with E-state index in [0.717, 1.165) is 31.6 Å². The zero-order valence-electron chi connectivity index (χ0n) is 10.6. The molecule has 3 heteroatoms. The Morgan fingerprint density at radius 2 is 1.78 bits per heavy atom. The molecule has 0 unspecified atom stereocenters. The van der Waals surface area contributed by atoms with Crippen LogP contribution in [0.3, 0.4) is 0 Å². The Labute approximate surface area is 107 Å². The fraction of sp³-hybridized carbons (Fsp3) is 0.333. The highest BCUT2D eigenvalue weighted by Gasteiger charge is 2.15. The second-order valence-electron chi connectivity index (χ2n) is 4.97. The van der Waals surface area contributed by atoms with E-state index in [1.165, 1.54) is 11.1 Å². The Morgan fingerprint density at radius 1 is 1.00 bits per heavy atom. The van der Waals surface area contributed by atoms with Crippen molar-refractivity contribution in [1.82, 2.24) is 4.90 Å². The van der Waals surface area contributed by atoms with E-state index in [-0.39, 0.29) is 0 Å². The third-order valence-electron chi connectivity index (χ3n) is 3.68. The first-order chi connectivity index (χ1) is 8.74. The maximum atomic E-state index is 9.55. The van der Waals surface area contributed by atoms with Gasteiger partial charge in [0.05, 0.1) is 0 Å². The molecule has 0 aromatic heterocycles. The van der Waals surface area contributed by atoms with Gasteiger partial charge in [-0.1, -0.05) is 12.1 Å². The fourth-order valence-electron chi connectivity index (χ4n) is 2.58. The van der Waals surface area contributed by atoms with Crippen molar-refractivity contribution in [2.75, 3.05) is 38.1 Å². The van der Waals surface area contributed by atoms with Crippen LogP contribution in [0.25, 0.3) is 10.8 Å². The summed E-state index contributed by atoms with van der Waals surface area (Å²) in [5, 5.41) is 11.9. The van der Waals surface area contributed by atoms with Crippen molar-refractivity contribution in [2.24, 2.45) is 0 Å². The van der Waals surface area contributed by atoms with E-state index in [2.05, 4.69) is 35.0 Å². The van der Waals surface area contributed by atoms with Crippen LogP contribution >= 0.6 is 0 Å². The first-order valence-electron chi connectivity index (χ1n) is 6.39. The zero-order chi connectivity index (χ0) is 12.5. The molecule has 1 saturated heterocycles. The lowest BCUT2D eigenvalue weighted by molar-refractivity contribution is 0.313. The lowest BCUT2D eigenvalue weighted by Gasteiger charge is -2.34. The molecule has 0 atom stereocenters. The third-order valence-corrected chi connectivity index (χ3v) is 3.68. The summed E-state index contributed by atoms with van der Waals surface area (Å²) in [6.07, 6.45) is 0. The van der Waals surface area contributed by atoms with E-state index >= 15 is 0 Å². The van der Waals surface area contributed by atoms with Crippen molar-refractivity contribution in [3.8, 4) is 5.75 Å². The number of likely N-dealkylation sites (N-methyl/N-ethyl adjacent to an activating group) is 1. The smallest absolute Gasteiger partial charge is 0.116 e. The number of hydrogen-bond donors (Lipinski definition) is 1. The summed E-state index contributed by atoms with van der Waals surface area (Å²) < 4.78 is 0. The van der Waals surface area contributed by atoms with Crippen LogP contribution in [0, 0.1) is 0 Å². The number of rotatable bonds is 1. The van der Waals surface area contributed by atoms with E-state index in [1.54, 1.807) is 6.07 Å². The molecule has 2 aromatic carbocycles. The van der Waals surface area contributed by atoms with E-state index in [9.17, 15) is 5.11 Å². The Morgan fingerprint density at radius 3 is 2.56 bits per heavy atom. The molecule has 94 valence electrons. The van der Waals surface area contributed by atoms with Crippen molar-refractivity contribution in [3.63, 3.8) is 0 Å². The van der Waals surface area contributed by atoms with Gasteiger partial charge in [-0.25, -0.2) is 0 Å². The third kappa shape index (κ3) is 2.02. The van der Waals surface area contributed by atoms with Gasteiger partial charge in [0.2, 0.25) is 0 Å². The minimum atomic E-state index is 0.332. The molecule has 3 rings (SSSR count). The molecule has 1 N–H and O–H groups in total. The van der Waals surface area contributed by atoms with Gasteiger partial charge in [0.15, 0.2) is 0 Å². The number of phenols is 1. The number of phenolic OH excluding ortho intramolecular Hbond substituents is 1. The maximum absolute atomic E-state index is 9.55. The van der Waals surface area contributed by atoms with Gasteiger partial charge >= 0.3 is 0 Å². The molecule has 1 fully saturated rings. The lowest BCUT2D eigenvalue weighted by Crippen LogP contribution is -2.44. The van der Waals surface area contributed by atoms with E-state index in [1.807, 2.05) is 12.1 Å². The monoisotopic (exact) mass is 242 g/mol. The minimum absolute atomic E-state index is 0.332. The molecule has 1 aliphatic rings. The van der Waals surface area contributed by atoms with Crippen LogP contribution < -0.4 is 4.90 Å². The Hall–Kier alpha value is -1.74. The van der Waals surface area contributed by atoms with Gasteiger partial charge in [0.1, 0.15) is 5.75 Å². The minimum Gasteiger partial charge on any atom is -0.508 e. The topological polar surface area (TPSA) is 26.7 Å². The Kier molecular flexibility index (Phi) is 2.84. The molecule has 0 spiro atoms. The number of piperazine rings is 1. The van der Waals surface area contributed by atoms with Crippen LogP contribution in [0.2, 0.25) is 0 Å². The summed E-state index contributed by atoms with van der Waals surface area (Å²) in [5.74, 6) is 0.332. The summed E-state index contributed by atoms with van der Waals surface area (Å²) in [5.41, 5.74) is 1.28. The predicted molar refractivity (Wildman–Crippen MR) is 75.3 cm³/mol. The van der Waals surface area contributed by atoms with Crippen LogP contribution in [0.5, 0.6) is 5.75 Å². The SMILES string of the molecule is CN1CCN(c2cccc3cc(O)ccc23)CC1. The van der Waals surface area contributed by atoms with Crippen molar-refractivity contribution >= 4 is 16.5 Å². The largest absolute Gasteiger partial charge is 0.508 e. The van der Waals surface area contributed by atoms with Crippen molar-refractivity contribution in [2.45, 2.75) is 0 Å². The van der Waals surface area contributed by atoms with Gasteiger partial charge in [-0.3, -0.25) is 0 Å². The first kappa shape index (κ1) is 11.4. The molecule has 3 nitrogen and oxygen atoms in total. The molecule has 1 aliphatic heterocycles. The molecule has 1 heterocycles. The average molecular weight is 242 g/mol. The van der Waals surface area contributed by atoms with Gasteiger partial charge < -0.3 is 14.9 Å². The zero-order valence-corrected chi connectivity index (χ0v) is 10.6. The number of nitrogens with zero attached hydrogens (tertiary/aromatic N) is 2. The lowest BCUT2D eigenvalue weighted by atomic mass is 10.1. The highest BCUT2D eigenvalue weighted by molar-refractivity contribution is 5.95. The molecule has 0 bridgehead atoms.